The zero-order valence-corrected chi connectivity index (χ0v) is 18.0. The Morgan fingerprint density at radius 3 is 2.44 bits per heavy atom. The van der Waals surface area contributed by atoms with Crippen LogP contribution in [0.5, 0.6) is 17.2 Å². The van der Waals surface area contributed by atoms with Gasteiger partial charge in [0.2, 0.25) is 5.91 Å². The zero-order chi connectivity index (χ0) is 22.1. The number of nitrogens with two attached hydrogens (primary N) is 1. The molecular formula is C26H25N3O3. The van der Waals surface area contributed by atoms with Crippen molar-refractivity contribution < 1.29 is 14.3 Å². The second-order valence-corrected chi connectivity index (χ2v) is 8.12. The fourth-order valence-electron chi connectivity index (χ4n) is 4.47. The van der Waals surface area contributed by atoms with Crippen LogP contribution in [-0.4, -0.2) is 22.6 Å². The quantitative estimate of drug-likeness (QED) is 0.427. The highest BCUT2D eigenvalue weighted by atomic mass is 16.5. The minimum absolute atomic E-state index is 0.389. The number of aromatic nitrogens is 2. The molecule has 0 radical (unpaired) electrons. The molecule has 1 amide bonds. The number of amides is 1. The van der Waals surface area contributed by atoms with Gasteiger partial charge in [-0.05, 0) is 67.4 Å². The van der Waals surface area contributed by atoms with Crippen molar-refractivity contribution in [2.24, 2.45) is 5.73 Å². The Kier molecular flexibility index (Phi) is 5.27. The van der Waals surface area contributed by atoms with Gasteiger partial charge in [-0.25, -0.2) is 4.98 Å². The summed E-state index contributed by atoms with van der Waals surface area (Å²) < 4.78 is 13.6. The van der Waals surface area contributed by atoms with Crippen LogP contribution in [0.4, 0.5) is 0 Å². The number of primary amides is 1. The van der Waals surface area contributed by atoms with Crippen molar-refractivity contribution in [2.75, 3.05) is 7.11 Å². The molecular weight excluding hydrogens is 402 g/mol. The fourth-order valence-corrected chi connectivity index (χ4v) is 4.47. The lowest BCUT2D eigenvalue weighted by Gasteiger charge is -2.17. The highest BCUT2D eigenvalue weighted by Gasteiger charge is 2.24. The number of ether oxygens (including phenoxy) is 2. The summed E-state index contributed by atoms with van der Waals surface area (Å²) in [5.74, 6) is 2.69. The van der Waals surface area contributed by atoms with Crippen molar-refractivity contribution >= 4 is 16.9 Å². The third-order valence-electron chi connectivity index (χ3n) is 6.05. The third-order valence-corrected chi connectivity index (χ3v) is 6.05. The lowest BCUT2D eigenvalue weighted by Crippen LogP contribution is -2.10. The molecule has 162 valence electrons. The Bertz CT molecular complexity index is 1270. The van der Waals surface area contributed by atoms with E-state index in [2.05, 4.69) is 4.57 Å². The van der Waals surface area contributed by atoms with Gasteiger partial charge in [-0.1, -0.05) is 25.0 Å². The minimum Gasteiger partial charge on any atom is -0.497 e. The van der Waals surface area contributed by atoms with Crippen LogP contribution in [0.2, 0.25) is 0 Å². The van der Waals surface area contributed by atoms with E-state index in [4.69, 9.17) is 20.2 Å². The van der Waals surface area contributed by atoms with Crippen LogP contribution in [0.3, 0.4) is 0 Å². The summed E-state index contributed by atoms with van der Waals surface area (Å²) in [6.07, 6.45) is 4.67. The summed E-state index contributed by atoms with van der Waals surface area (Å²) in [5, 5.41) is 0. The molecule has 1 aliphatic rings. The summed E-state index contributed by atoms with van der Waals surface area (Å²) in [4.78, 5) is 16.6. The first-order valence-electron chi connectivity index (χ1n) is 10.9. The maximum atomic E-state index is 11.7. The van der Waals surface area contributed by atoms with Crippen molar-refractivity contribution in [3.8, 4) is 28.6 Å². The van der Waals surface area contributed by atoms with Crippen LogP contribution in [-0.2, 0) is 0 Å². The summed E-state index contributed by atoms with van der Waals surface area (Å²) >= 11 is 0. The third kappa shape index (κ3) is 3.80. The van der Waals surface area contributed by atoms with Crippen LogP contribution in [0.1, 0.15) is 42.1 Å². The Labute approximate surface area is 186 Å². The molecule has 32 heavy (non-hydrogen) atoms. The van der Waals surface area contributed by atoms with Crippen LogP contribution in [0.25, 0.3) is 22.4 Å². The number of hydrogen-bond acceptors (Lipinski definition) is 4. The van der Waals surface area contributed by atoms with E-state index in [0.29, 0.717) is 11.6 Å². The number of benzene rings is 3. The second kappa shape index (κ2) is 8.38. The smallest absolute Gasteiger partial charge is 0.248 e. The molecule has 1 aromatic heterocycles. The summed E-state index contributed by atoms with van der Waals surface area (Å²) in [6, 6.07) is 21.4. The van der Waals surface area contributed by atoms with Gasteiger partial charge in [0, 0.05) is 17.2 Å². The number of imidazole rings is 1. The molecule has 4 aromatic rings. The topological polar surface area (TPSA) is 79.4 Å². The average Bonchev–Trinajstić information content (AvgIpc) is 3.47. The first-order chi connectivity index (χ1) is 15.6. The van der Waals surface area contributed by atoms with Gasteiger partial charge in [0.15, 0.2) is 0 Å². The largest absolute Gasteiger partial charge is 0.497 e. The van der Waals surface area contributed by atoms with Crippen LogP contribution in [0, 0.1) is 0 Å². The van der Waals surface area contributed by atoms with E-state index in [-0.39, 0.29) is 0 Å². The van der Waals surface area contributed by atoms with Crippen molar-refractivity contribution in [3.05, 3.63) is 72.3 Å². The van der Waals surface area contributed by atoms with Gasteiger partial charge in [0.05, 0.1) is 18.1 Å². The molecule has 0 bridgehead atoms. The van der Waals surface area contributed by atoms with Crippen molar-refractivity contribution in [1.29, 1.82) is 0 Å². The highest BCUT2D eigenvalue weighted by molar-refractivity contribution is 5.96. The van der Waals surface area contributed by atoms with E-state index < -0.39 is 5.91 Å². The Hall–Kier alpha value is -3.80. The maximum Gasteiger partial charge on any atom is 0.248 e. The molecule has 1 heterocycles. The maximum absolute atomic E-state index is 11.7. The van der Waals surface area contributed by atoms with E-state index in [9.17, 15) is 4.79 Å². The molecule has 0 unspecified atom stereocenters. The molecule has 0 saturated heterocycles. The Morgan fingerprint density at radius 1 is 0.969 bits per heavy atom. The molecule has 1 fully saturated rings. The zero-order valence-electron chi connectivity index (χ0n) is 18.0. The van der Waals surface area contributed by atoms with Crippen LogP contribution in [0.15, 0.2) is 66.7 Å². The first kappa shape index (κ1) is 20.1. The van der Waals surface area contributed by atoms with E-state index in [1.165, 1.54) is 12.8 Å². The standard InChI is InChI=1S/C26H25N3O3/c1-31-20-10-12-21(13-11-20)32-22-8-4-5-18(15-22)26-28-23-16-17(25(27)30)9-14-24(23)29(26)19-6-2-3-7-19/h4-5,8-16,19H,2-3,6-7H2,1H3,(H2,27,30). The summed E-state index contributed by atoms with van der Waals surface area (Å²) in [7, 11) is 1.64. The predicted octanol–water partition coefficient (Wildman–Crippen LogP) is 5.72. The molecule has 2 N–H and O–H groups in total. The van der Waals surface area contributed by atoms with Crippen molar-refractivity contribution in [2.45, 2.75) is 31.7 Å². The average molecular weight is 428 g/mol. The Morgan fingerprint density at radius 2 is 1.72 bits per heavy atom. The summed E-state index contributed by atoms with van der Waals surface area (Å²) in [6.45, 7) is 0. The first-order valence-corrected chi connectivity index (χ1v) is 10.9. The highest BCUT2D eigenvalue weighted by Crippen LogP contribution is 2.38. The van der Waals surface area contributed by atoms with Gasteiger partial charge in [-0.2, -0.15) is 0 Å². The molecule has 5 rings (SSSR count). The number of fused-ring (bicyclic) bond motifs is 1. The lowest BCUT2D eigenvalue weighted by molar-refractivity contribution is 0.100. The van der Waals surface area contributed by atoms with Gasteiger partial charge < -0.3 is 19.8 Å². The molecule has 6 heteroatoms. The predicted molar refractivity (Wildman–Crippen MR) is 124 cm³/mol. The van der Waals surface area contributed by atoms with Gasteiger partial charge >= 0.3 is 0 Å². The van der Waals surface area contributed by atoms with E-state index in [1.807, 2.05) is 54.6 Å². The fraction of sp³-hybridized carbons (Fsp3) is 0.231. The molecule has 3 aromatic carbocycles. The number of carbonyl (C=O) groups is 1. The normalized spacial score (nSPS) is 14.0. The molecule has 0 atom stereocenters. The number of rotatable bonds is 6. The van der Waals surface area contributed by atoms with E-state index in [0.717, 1.165) is 52.5 Å². The van der Waals surface area contributed by atoms with E-state index >= 15 is 0 Å². The Balaban J connectivity index is 1.56. The molecule has 1 aliphatic carbocycles. The van der Waals surface area contributed by atoms with Gasteiger partial charge in [0.25, 0.3) is 0 Å². The van der Waals surface area contributed by atoms with Crippen molar-refractivity contribution in [3.63, 3.8) is 0 Å². The van der Waals surface area contributed by atoms with Crippen LogP contribution >= 0.6 is 0 Å². The number of carbonyl (C=O) groups excluding carboxylic acids is 1. The van der Waals surface area contributed by atoms with Gasteiger partial charge in [-0.15, -0.1) is 0 Å². The van der Waals surface area contributed by atoms with Gasteiger partial charge in [0.1, 0.15) is 23.1 Å². The molecule has 6 nitrogen and oxygen atoms in total. The van der Waals surface area contributed by atoms with Crippen molar-refractivity contribution in [1.82, 2.24) is 9.55 Å². The lowest BCUT2D eigenvalue weighted by atomic mass is 10.1. The number of methoxy groups -OCH3 is 1. The van der Waals surface area contributed by atoms with E-state index in [1.54, 1.807) is 19.2 Å². The second-order valence-electron chi connectivity index (χ2n) is 8.12. The molecule has 0 aliphatic heterocycles. The van der Waals surface area contributed by atoms with Gasteiger partial charge in [-0.3, -0.25) is 4.79 Å². The summed E-state index contributed by atoms with van der Waals surface area (Å²) in [5.41, 5.74) is 8.75. The SMILES string of the molecule is COc1ccc(Oc2cccc(-c3nc4cc(C(N)=O)ccc4n3C3CCCC3)c2)cc1. The molecule has 1 saturated carbocycles. The number of nitrogens with zero attached hydrogens (tertiary/aromatic N) is 2. The number of hydrogen-bond donors (Lipinski definition) is 1. The minimum atomic E-state index is -0.446. The monoisotopic (exact) mass is 427 g/mol. The molecule has 0 spiro atoms. The van der Waals surface area contributed by atoms with Crippen LogP contribution < -0.4 is 15.2 Å².